The van der Waals surface area contributed by atoms with E-state index >= 15 is 0 Å². The number of hydrogen-bond acceptors (Lipinski definition) is 2. The van der Waals surface area contributed by atoms with Gasteiger partial charge in [-0.2, -0.15) is 0 Å². The van der Waals surface area contributed by atoms with Gasteiger partial charge in [-0.05, 0) is 41.8 Å². The van der Waals surface area contributed by atoms with Gasteiger partial charge in [-0.1, -0.05) is 48.5 Å². The first-order valence-corrected chi connectivity index (χ1v) is 8.87. The normalized spacial score (nSPS) is 12.5. The molecule has 2 nitrogen and oxygen atoms in total. The summed E-state index contributed by atoms with van der Waals surface area (Å²) in [5, 5.41) is 2.39. The lowest BCUT2D eigenvalue weighted by atomic mass is 10.1. The minimum atomic E-state index is -0.935. The van der Waals surface area contributed by atoms with E-state index in [0.29, 0.717) is 11.5 Å². The van der Waals surface area contributed by atoms with E-state index in [-0.39, 0.29) is 0 Å². The van der Waals surface area contributed by atoms with Crippen LogP contribution in [0.1, 0.15) is 22.5 Å². The summed E-state index contributed by atoms with van der Waals surface area (Å²) in [5.74, 6) is 1.14. The first-order valence-electron chi connectivity index (χ1n) is 7.38. The van der Waals surface area contributed by atoms with E-state index < -0.39 is 10.8 Å². The summed E-state index contributed by atoms with van der Waals surface area (Å²) < 4.78 is 12.5. The summed E-state index contributed by atoms with van der Waals surface area (Å²) >= 11 is 0. The molecule has 0 aliphatic heterocycles. The Labute approximate surface area is 133 Å². The monoisotopic (exact) mass is 309 g/mol. The van der Waals surface area contributed by atoms with Crippen molar-refractivity contribution in [2.24, 2.45) is 0 Å². The van der Waals surface area contributed by atoms with Crippen molar-refractivity contribution in [3.63, 3.8) is 0 Å². The van der Waals surface area contributed by atoms with Crippen LogP contribution in [0.4, 0.5) is 0 Å². The van der Waals surface area contributed by atoms with Crippen LogP contribution in [0.5, 0.6) is 0 Å². The maximum Gasteiger partial charge on any atom is 0.0506 e. The second kappa shape index (κ2) is 6.41. The summed E-state index contributed by atoms with van der Waals surface area (Å²) in [7, 11) is -0.935. The Morgan fingerprint density at radius 1 is 0.864 bits per heavy atom. The van der Waals surface area contributed by atoms with Gasteiger partial charge in [0, 0.05) is 27.9 Å². The summed E-state index contributed by atoms with van der Waals surface area (Å²) in [5.41, 5.74) is 4.20. The highest BCUT2D eigenvalue weighted by Gasteiger charge is 2.09. The van der Waals surface area contributed by atoms with Crippen molar-refractivity contribution in [3.8, 4) is 0 Å². The molecule has 1 heterocycles. The number of pyridine rings is 1. The first kappa shape index (κ1) is 14.9. The smallest absolute Gasteiger partial charge is 0.0506 e. The number of nitrogens with zero attached hydrogens (tertiary/aromatic N) is 1. The third-order valence-electron chi connectivity index (χ3n) is 3.85. The average molecular weight is 309 g/mol. The SMILES string of the molecule is Cc1ccc(CS(=O)Cc2cccc3ccccc23)c(C)n1. The molecule has 0 N–H and O–H groups in total. The summed E-state index contributed by atoms with van der Waals surface area (Å²) in [6, 6.07) is 18.5. The van der Waals surface area contributed by atoms with E-state index in [0.717, 1.165) is 22.5 Å². The fourth-order valence-electron chi connectivity index (χ4n) is 2.68. The molecule has 1 unspecified atom stereocenters. The van der Waals surface area contributed by atoms with Crippen LogP contribution in [0.3, 0.4) is 0 Å². The van der Waals surface area contributed by atoms with Gasteiger partial charge in [0.05, 0.1) is 5.75 Å². The molecular weight excluding hydrogens is 290 g/mol. The van der Waals surface area contributed by atoms with Crippen LogP contribution < -0.4 is 0 Å². The highest BCUT2D eigenvalue weighted by atomic mass is 32.2. The molecule has 0 aliphatic rings. The molecule has 0 spiro atoms. The lowest BCUT2D eigenvalue weighted by molar-refractivity contribution is 0.682. The summed E-state index contributed by atoms with van der Waals surface area (Å²) in [6.07, 6.45) is 0. The quantitative estimate of drug-likeness (QED) is 0.719. The first-order chi connectivity index (χ1) is 10.6. The van der Waals surface area contributed by atoms with Gasteiger partial charge in [0.1, 0.15) is 0 Å². The lowest BCUT2D eigenvalue weighted by Crippen LogP contribution is -2.03. The molecule has 0 bridgehead atoms. The van der Waals surface area contributed by atoms with E-state index in [4.69, 9.17) is 0 Å². The van der Waals surface area contributed by atoms with Crippen molar-refractivity contribution in [1.82, 2.24) is 4.98 Å². The zero-order valence-electron chi connectivity index (χ0n) is 12.9. The lowest BCUT2D eigenvalue weighted by Gasteiger charge is -2.08. The number of benzene rings is 2. The van der Waals surface area contributed by atoms with Crippen molar-refractivity contribution < 1.29 is 4.21 Å². The molecule has 0 fully saturated rings. The van der Waals surface area contributed by atoms with Crippen molar-refractivity contribution in [2.45, 2.75) is 25.4 Å². The Bertz CT molecular complexity index is 836. The third kappa shape index (κ3) is 3.25. The van der Waals surface area contributed by atoms with Gasteiger partial charge < -0.3 is 0 Å². The number of aromatic nitrogens is 1. The molecule has 0 aliphatic carbocycles. The fraction of sp³-hybridized carbons (Fsp3) is 0.211. The number of aryl methyl sites for hydroxylation is 2. The van der Waals surface area contributed by atoms with Crippen LogP contribution in [-0.4, -0.2) is 9.19 Å². The second-order valence-electron chi connectivity index (χ2n) is 5.56. The second-order valence-corrected chi connectivity index (χ2v) is 7.02. The van der Waals surface area contributed by atoms with E-state index in [2.05, 4.69) is 29.2 Å². The van der Waals surface area contributed by atoms with E-state index in [1.54, 1.807) is 0 Å². The van der Waals surface area contributed by atoms with Crippen molar-refractivity contribution in [3.05, 3.63) is 77.1 Å². The molecule has 1 atom stereocenters. The zero-order valence-corrected chi connectivity index (χ0v) is 13.7. The van der Waals surface area contributed by atoms with Crippen LogP contribution in [0.25, 0.3) is 10.8 Å². The molecule has 3 rings (SSSR count). The van der Waals surface area contributed by atoms with Crippen LogP contribution in [0.15, 0.2) is 54.6 Å². The van der Waals surface area contributed by atoms with Gasteiger partial charge in [-0.3, -0.25) is 9.19 Å². The minimum absolute atomic E-state index is 0.558. The highest BCUT2D eigenvalue weighted by Crippen LogP contribution is 2.21. The van der Waals surface area contributed by atoms with Gasteiger partial charge in [-0.15, -0.1) is 0 Å². The number of rotatable bonds is 4. The van der Waals surface area contributed by atoms with Crippen LogP contribution >= 0.6 is 0 Å². The van der Waals surface area contributed by atoms with Crippen LogP contribution in [0, 0.1) is 13.8 Å². The van der Waals surface area contributed by atoms with Crippen molar-refractivity contribution in [1.29, 1.82) is 0 Å². The van der Waals surface area contributed by atoms with Crippen molar-refractivity contribution >= 4 is 21.6 Å². The molecule has 0 amide bonds. The molecule has 112 valence electrons. The zero-order chi connectivity index (χ0) is 15.5. The Hall–Kier alpha value is -2.00. The molecule has 2 aromatic carbocycles. The van der Waals surface area contributed by atoms with Gasteiger partial charge in [-0.25, -0.2) is 0 Å². The van der Waals surface area contributed by atoms with Gasteiger partial charge in [0.15, 0.2) is 0 Å². The molecule has 3 aromatic rings. The Balaban J connectivity index is 1.81. The predicted octanol–water partition coefficient (Wildman–Crippen LogP) is 4.30. The average Bonchev–Trinajstić information content (AvgIpc) is 2.50. The number of hydrogen-bond donors (Lipinski definition) is 0. The summed E-state index contributed by atoms with van der Waals surface area (Å²) in [4.78, 5) is 4.45. The predicted molar refractivity (Wildman–Crippen MR) is 93.2 cm³/mol. The largest absolute Gasteiger partial charge is 0.259 e. The van der Waals surface area contributed by atoms with E-state index in [1.165, 1.54) is 10.8 Å². The Morgan fingerprint density at radius 2 is 1.59 bits per heavy atom. The topological polar surface area (TPSA) is 30.0 Å². The molecule has 0 saturated carbocycles. The molecular formula is C19H19NOS. The van der Waals surface area contributed by atoms with Crippen LogP contribution in [0.2, 0.25) is 0 Å². The molecule has 22 heavy (non-hydrogen) atoms. The fourth-order valence-corrected chi connectivity index (χ4v) is 4.04. The van der Waals surface area contributed by atoms with Gasteiger partial charge in [0.25, 0.3) is 0 Å². The van der Waals surface area contributed by atoms with Crippen LogP contribution in [-0.2, 0) is 22.3 Å². The Morgan fingerprint density at radius 3 is 2.41 bits per heavy atom. The molecule has 0 saturated heterocycles. The van der Waals surface area contributed by atoms with Gasteiger partial charge >= 0.3 is 0 Å². The van der Waals surface area contributed by atoms with E-state index in [1.807, 2.05) is 44.2 Å². The molecule has 1 aromatic heterocycles. The standard InChI is InChI=1S/C19H19NOS/c1-14-10-11-17(15(2)20-14)12-22(21)13-18-8-5-7-16-6-3-4-9-19(16)18/h3-11H,12-13H2,1-2H3. The summed E-state index contributed by atoms with van der Waals surface area (Å²) in [6.45, 7) is 3.96. The third-order valence-corrected chi connectivity index (χ3v) is 5.11. The minimum Gasteiger partial charge on any atom is -0.259 e. The maximum atomic E-state index is 12.5. The molecule has 0 radical (unpaired) electrons. The van der Waals surface area contributed by atoms with Crippen molar-refractivity contribution in [2.75, 3.05) is 0 Å². The number of fused-ring (bicyclic) bond motifs is 1. The molecule has 3 heteroatoms. The van der Waals surface area contributed by atoms with E-state index in [9.17, 15) is 4.21 Å². The maximum absolute atomic E-state index is 12.5. The Kier molecular flexibility index (Phi) is 4.34. The highest BCUT2D eigenvalue weighted by molar-refractivity contribution is 7.83. The van der Waals surface area contributed by atoms with Gasteiger partial charge in [0.2, 0.25) is 0 Å².